The van der Waals surface area contributed by atoms with Crippen LogP contribution < -0.4 is 27.4 Å². The van der Waals surface area contributed by atoms with Gasteiger partial charge in [0, 0.05) is 0 Å². The summed E-state index contributed by atoms with van der Waals surface area (Å²) in [5, 5.41) is 35.1. The van der Waals surface area contributed by atoms with E-state index in [4.69, 9.17) is 11.5 Å². The van der Waals surface area contributed by atoms with Gasteiger partial charge in [-0.25, -0.2) is 4.79 Å². The first kappa shape index (κ1) is 30.7. The lowest BCUT2D eigenvalue weighted by Crippen LogP contribution is -2.59. The summed E-state index contributed by atoms with van der Waals surface area (Å²) in [4.78, 5) is 61.0. The number of phenols is 1. The molecular weight excluding hydrogens is 494 g/mol. The topological polar surface area (TPSA) is 234 Å². The van der Waals surface area contributed by atoms with Crippen LogP contribution in [-0.4, -0.2) is 87.2 Å². The van der Waals surface area contributed by atoms with Crippen molar-refractivity contribution in [2.45, 2.75) is 56.5 Å². The van der Waals surface area contributed by atoms with Gasteiger partial charge in [0.25, 0.3) is 0 Å². The predicted octanol–water partition coefficient (Wildman–Crippen LogP) is -2.19. The Morgan fingerprint density at radius 2 is 1.53 bits per heavy atom. The SMILES string of the molecule is CSCCC(NC(=O)C(CC(N)=O)NC(=O)C(N)Cc1ccc(O)cc1)C(=O)NC(C(=O)O)C(C)O. The normalized spacial score (nSPS) is 15.0. The molecule has 200 valence electrons. The first-order valence-corrected chi connectivity index (χ1v) is 12.4. The number of benzene rings is 1. The van der Waals surface area contributed by atoms with Gasteiger partial charge in [-0.2, -0.15) is 11.8 Å². The molecule has 0 bridgehead atoms. The average Bonchev–Trinajstić information content (AvgIpc) is 2.79. The van der Waals surface area contributed by atoms with Gasteiger partial charge in [0.05, 0.1) is 18.6 Å². The number of thioether (sulfide) groups is 1. The van der Waals surface area contributed by atoms with E-state index in [2.05, 4.69) is 16.0 Å². The zero-order valence-corrected chi connectivity index (χ0v) is 20.8. The van der Waals surface area contributed by atoms with Crippen molar-refractivity contribution in [1.82, 2.24) is 16.0 Å². The fourth-order valence-corrected chi connectivity index (χ4v) is 3.56. The van der Waals surface area contributed by atoms with Crippen molar-refractivity contribution >= 4 is 41.4 Å². The molecule has 0 aliphatic rings. The van der Waals surface area contributed by atoms with Gasteiger partial charge < -0.3 is 42.7 Å². The number of nitrogens with two attached hydrogens (primary N) is 2. The molecule has 0 radical (unpaired) electrons. The van der Waals surface area contributed by atoms with Crippen molar-refractivity contribution in [3.05, 3.63) is 29.8 Å². The van der Waals surface area contributed by atoms with Crippen LogP contribution in [0.1, 0.15) is 25.3 Å². The molecule has 13 nitrogen and oxygen atoms in total. The van der Waals surface area contributed by atoms with E-state index >= 15 is 0 Å². The highest BCUT2D eigenvalue weighted by molar-refractivity contribution is 7.98. The third-order valence-corrected chi connectivity index (χ3v) is 5.70. The van der Waals surface area contributed by atoms with Crippen molar-refractivity contribution in [2.75, 3.05) is 12.0 Å². The van der Waals surface area contributed by atoms with Gasteiger partial charge >= 0.3 is 5.97 Å². The summed E-state index contributed by atoms with van der Waals surface area (Å²) in [6, 6.07) is 0.623. The number of amides is 4. The number of aliphatic hydroxyl groups excluding tert-OH is 1. The zero-order chi connectivity index (χ0) is 27.4. The zero-order valence-electron chi connectivity index (χ0n) is 20.0. The van der Waals surface area contributed by atoms with Gasteiger partial charge in [-0.3, -0.25) is 19.2 Å². The minimum Gasteiger partial charge on any atom is -0.508 e. The molecule has 5 atom stereocenters. The number of hydrogen-bond donors (Lipinski definition) is 8. The van der Waals surface area contributed by atoms with Crippen LogP contribution in [0, 0.1) is 0 Å². The molecule has 1 aromatic rings. The van der Waals surface area contributed by atoms with Crippen LogP contribution >= 0.6 is 11.8 Å². The number of carbonyl (C=O) groups excluding carboxylic acids is 4. The molecule has 0 aliphatic carbocycles. The molecule has 0 fully saturated rings. The molecular formula is C22H33N5O8S. The van der Waals surface area contributed by atoms with Gasteiger partial charge in [0.15, 0.2) is 6.04 Å². The lowest BCUT2D eigenvalue weighted by molar-refractivity contribution is -0.145. The van der Waals surface area contributed by atoms with Crippen molar-refractivity contribution in [2.24, 2.45) is 11.5 Å². The number of rotatable bonds is 15. The average molecular weight is 528 g/mol. The lowest BCUT2D eigenvalue weighted by atomic mass is 10.0. The number of phenolic OH excluding ortho intramolecular Hbond substituents is 1. The largest absolute Gasteiger partial charge is 0.508 e. The van der Waals surface area contributed by atoms with Crippen LogP contribution in [-0.2, 0) is 30.4 Å². The third kappa shape index (κ3) is 10.5. The fraction of sp³-hybridized carbons (Fsp3) is 0.500. The maximum absolute atomic E-state index is 12.9. The third-order valence-electron chi connectivity index (χ3n) is 5.06. The Morgan fingerprint density at radius 1 is 0.972 bits per heavy atom. The first-order chi connectivity index (χ1) is 16.8. The van der Waals surface area contributed by atoms with Gasteiger partial charge in [-0.05, 0) is 49.5 Å². The van der Waals surface area contributed by atoms with Gasteiger partial charge in [0.2, 0.25) is 23.6 Å². The Morgan fingerprint density at radius 3 is 2.03 bits per heavy atom. The van der Waals surface area contributed by atoms with Crippen molar-refractivity contribution < 1.29 is 39.3 Å². The van der Waals surface area contributed by atoms with E-state index in [0.717, 1.165) is 0 Å². The number of aliphatic hydroxyl groups is 1. The van der Waals surface area contributed by atoms with Crippen LogP contribution in [0.5, 0.6) is 5.75 Å². The monoisotopic (exact) mass is 527 g/mol. The second kappa shape index (κ2) is 14.9. The van der Waals surface area contributed by atoms with Crippen LogP contribution in [0.3, 0.4) is 0 Å². The predicted molar refractivity (Wildman–Crippen MR) is 132 cm³/mol. The standard InChI is InChI=1S/C22H33N5O8S/c1-11(28)18(22(34)35)27-20(32)15(7-8-36-2)25-21(33)16(10-17(24)30)26-19(31)14(23)9-12-3-5-13(29)6-4-12/h3-6,11,14-16,18,28-29H,7-10,23H2,1-2H3,(H2,24,30)(H,25,33)(H,26,31)(H,27,32)(H,34,35). The van der Waals surface area contributed by atoms with E-state index in [-0.39, 0.29) is 18.6 Å². The number of primary amides is 1. The molecule has 0 saturated heterocycles. The molecule has 0 aromatic heterocycles. The number of carboxylic acids is 1. The molecule has 1 aromatic carbocycles. The van der Waals surface area contributed by atoms with E-state index < -0.39 is 66.3 Å². The van der Waals surface area contributed by atoms with Crippen molar-refractivity contribution in [3.8, 4) is 5.75 Å². The van der Waals surface area contributed by atoms with E-state index in [0.29, 0.717) is 11.3 Å². The molecule has 10 N–H and O–H groups in total. The second-order valence-corrected chi connectivity index (χ2v) is 9.10. The number of nitrogens with one attached hydrogen (secondary N) is 3. The highest BCUT2D eigenvalue weighted by Crippen LogP contribution is 2.11. The van der Waals surface area contributed by atoms with Crippen LogP contribution in [0.15, 0.2) is 24.3 Å². The Kier molecular flexibility index (Phi) is 12.7. The fourth-order valence-electron chi connectivity index (χ4n) is 3.09. The summed E-state index contributed by atoms with van der Waals surface area (Å²) in [5.74, 6) is -4.42. The van der Waals surface area contributed by atoms with Crippen LogP contribution in [0.25, 0.3) is 0 Å². The Hall–Kier alpha value is -3.36. The minimum absolute atomic E-state index is 0.0400. The number of carboxylic acid groups (broad SMARTS) is 1. The number of aliphatic carboxylic acids is 1. The molecule has 36 heavy (non-hydrogen) atoms. The maximum atomic E-state index is 12.9. The summed E-state index contributed by atoms with van der Waals surface area (Å²) in [6.07, 6.45) is -0.0431. The van der Waals surface area contributed by atoms with E-state index in [1.54, 1.807) is 18.4 Å². The van der Waals surface area contributed by atoms with E-state index in [1.807, 2.05) is 0 Å². The molecule has 0 heterocycles. The molecule has 1 rings (SSSR count). The molecule has 0 spiro atoms. The van der Waals surface area contributed by atoms with Gasteiger partial charge in [-0.1, -0.05) is 12.1 Å². The minimum atomic E-state index is -1.61. The summed E-state index contributed by atoms with van der Waals surface area (Å²) in [6.45, 7) is 1.19. The second-order valence-electron chi connectivity index (χ2n) is 8.12. The first-order valence-electron chi connectivity index (χ1n) is 11.0. The quantitative estimate of drug-likeness (QED) is 0.123. The lowest BCUT2D eigenvalue weighted by Gasteiger charge is -2.25. The van der Waals surface area contributed by atoms with Crippen LogP contribution in [0.4, 0.5) is 0 Å². The molecule has 0 saturated carbocycles. The highest BCUT2D eigenvalue weighted by atomic mass is 32.2. The summed E-state index contributed by atoms with van der Waals surface area (Å²) in [7, 11) is 0. The Labute approximate surface area is 212 Å². The Balaban J connectivity index is 2.95. The summed E-state index contributed by atoms with van der Waals surface area (Å²) < 4.78 is 0. The Bertz CT molecular complexity index is 928. The van der Waals surface area contributed by atoms with Gasteiger partial charge in [0.1, 0.15) is 17.8 Å². The van der Waals surface area contributed by atoms with E-state index in [1.165, 1.54) is 30.8 Å². The molecule has 0 aliphatic heterocycles. The number of aromatic hydroxyl groups is 1. The molecule has 5 unspecified atom stereocenters. The highest BCUT2D eigenvalue weighted by Gasteiger charge is 2.32. The smallest absolute Gasteiger partial charge is 0.328 e. The van der Waals surface area contributed by atoms with Crippen LogP contribution in [0.2, 0.25) is 0 Å². The maximum Gasteiger partial charge on any atom is 0.328 e. The number of carbonyl (C=O) groups is 5. The van der Waals surface area contributed by atoms with Gasteiger partial charge in [-0.15, -0.1) is 0 Å². The van der Waals surface area contributed by atoms with E-state index in [9.17, 15) is 39.3 Å². The molecule has 4 amide bonds. The summed E-state index contributed by atoms with van der Waals surface area (Å²) >= 11 is 1.37. The number of hydrogen-bond acceptors (Lipinski definition) is 9. The van der Waals surface area contributed by atoms with Crippen molar-refractivity contribution in [3.63, 3.8) is 0 Å². The van der Waals surface area contributed by atoms with Crippen molar-refractivity contribution in [1.29, 1.82) is 0 Å². The summed E-state index contributed by atoms with van der Waals surface area (Å²) in [5.41, 5.74) is 11.8. The molecule has 14 heteroatoms.